The van der Waals surface area contributed by atoms with E-state index < -0.39 is 0 Å². The van der Waals surface area contributed by atoms with E-state index in [-0.39, 0.29) is 21.7 Å². The maximum atomic E-state index is 3.52. The van der Waals surface area contributed by atoms with Crippen molar-refractivity contribution < 1.29 is 0 Å². The molecular weight excluding hydrogens is 264 g/mol. The Balaban J connectivity index is 6.01. The van der Waals surface area contributed by atoms with Gasteiger partial charge in [-0.2, -0.15) is 0 Å². The first-order chi connectivity index (χ1) is 9.47. The van der Waals surface area contributed by atoms with Gasteiger partial charge in [-0.15, -0.1) is 11.5 Å². The fraction of sp³-hybridized carbons (Fsp3) is 0.727. The van der Waals surface area contributed by atoms with Crippen molar-refractivity contribution in [2.75, 3.05) is 0 Å². The van der Waals surface area contributed by atoms with E-state index in [4.69, 9.17) is 0 Å². The van der Waals surface area contributed by atoms with E-state index in [1.165, 1.54) is 11.1 Å². The van der Waals surface area contributed by atoms with Gasteiger partial charge in [0.15, 0.2) is 0 Å². The highest BCUT2D eigenvalue weighted by Gasteiger charge is 2.28. The third kappa shape index (κ3) is 6.87. The number of allylic oxidation sites excluding steroid dienone is 2. The molecule has 22 heavy (non-hydrogen) atoms. The van der Waals surface area contributed by atoms with E-state index in [0.717, 1.165) is 0 Å². The molecule has 0 fully saturated rings. The Hall–Kier alpha value is -0.960. The van der Waals surface area contributed by atoms with Crippen molar-refractivity contribution in [3.8, 4) is 0 Å². The topological polar surface area (TPSA) is 0 Å². The van der Waals surface area contributed by atoms with Gasteiger partial charge in [0.2, 0.25) is 0 Å². The molecule has 0 spiro atoms. The third-order valence-electron chi connectivity index (χ3n) is 3.54. The van der Waals surface area contributed by atoms with E-state index in [1.54, 1.807) is 0 Å². The van der Waals surface area contributed by atoms with Crippen LogP contribution in [0.25, 0.3) is 0 Å². The molecule has 0 nitrogen and oxygen atoms in total. The predicted octanol–water partition coefficient (Wildman–Crippen LogP) is 7.33. The summed E-state index contributed by atoms with van der Waals surface area (Å²) in [6, 6.07) is 0. The average molecular weight is 303 g/mol. The molecule has 0 N–H and O–H groups in total. The van der Waals surface area contributed by atoms with Gasteiger partial charge < -0.3 is 0 Å². The number of hydrogen-bond donors (Lipinski definition) is 0. The molecule has 0 saturated heterocycles. The maximum Gasteiger partial charge on any atom is -0.00918 e. The molecule has 0 aromatic carbocycles. The van der Waals surface area contributed by atoms with Gasteiger partial charge in [0.1, 0.15) is 0 Å². The van der Waals surface area contributed by atoms with Gasteiger partial charge in [-0.25, -0.2) is 0 Å². The fourth-order valence-corrected chi connectivity index (χ4v) is 3.37. The predicted molar refractivity (Wildman–Crippen MR) is 101 cm³/mol. The van der Waals surface area contributed by atoms with E-state index >= 15 is 0 Å². The zero-order valence-corrected chi connectivity index (χ0v) is 17.2. The molecule has 0 heteroatoms. The Morgan fingerprint density at radius 1 is 0.455 bits per heavy atom. The number of hydrogen-bond acceptors (Lipinski definition) is 0. The zero-order chi connectivity index (χ0) is 18.0. The molecule has 0 aliphatic rings. The maximum absolute atomic E-state index is 3.52. The lowest BCUT2D eigenvalue weighted by Crippen LogP contribution is -2.21. The van der Waals surface area contributed by atoms with E-state index in [0.29, 0.717) is 0 Å². The van der Waals surface area contributed by atoms with Crippen molar-refractivity contribution in [1.82, 2.24) is 0 Å². The van der Waals surface area contributed by atoms with Crippen LogP contribution in [0.3, 0.4) is 0 Å². The van der Waals surface area contributed by atoms with Crippen molar-refractivity contribution in [2.24, 2.45) is 21.7 Å². The van der Waals surface area contributed by atoms with Crippen LogP contribution in [0.4, 0.5) is 0 Å². The Morgan fingerprint density at radius 3 is 0.773 bits per heavy atom. The summed E-state index contributed by atoms with van der Waals surface area (Å²) in [5, 5.41) is 0. The van der Waals surface area contributed by atoms with Gasteiger partial charge in [-0.05, 0) is 45.0 Å². The van der Waals surface area contributed by atoms with Crippen molar-refractivity contribution in [2.45, 2.75) is 83.1 Å². The SMILES string of the molecule is CC(C)(C)C(=C=CC=C=C(C(C)(C)C)C(C)(C)C)C(C)(C)C. The van der Waals surface area contributed by atoms with Gasteiger partial charge in [0, 0.05) is 0 Å². The lowest BCUT2D eigenvalue weighted by Gasteiger charge is -2.32. The lowest BCUT2D eigenvalue weighted by molar-refractivity contribution is 0.362. The summed E-state index contributed by atoms with van der Waals surface area (Å²) in [6.07, 6.45) is 4.06. The highest BCUT2D eigenvalue weighted by Crippen LogP contribution is 2.39. The van der Waals surface area contributed by atoms with Crippen LogP contribution in [-0.4, -0.2) is 0 Å². The zero-order valence-electron chi connectivity index (χ0n) is 17.2. The second-order valence-electron chi connectivity index (χ2n) is 10.4. The van der Waals surface area contributed by atoms with Crippen LogP contribution in [0.1, 0.15) is 83.1 Å². The molecule has 0 amide bonds. The molecule has 0 atom stereocenters. The Morgan fingerprint density at radius 2 is 0.636 bits per heavy atom. The first-order valence-corrected chi connectivity index (χ1v) is 8.41. The molecule has 0 bridgehead atoms. The average Bonchev–Trinajstić information content (AvgIpc) is 2.14. The molecule has 0 aromatic heterocycles. The standard InChI is InChI=1S/C22H38/c1-19(2,3)17(20(4,5)6)15-13-14-16-18(21(7,8)9)22(10,11)12/h13-14H,1-12H3. The lowest BCUT2D eigenvalue weighted by atomic mass is 9.72. The van der Waals surface area contributed by atoms with Gasteiger partial charge in [-0.3, -0.25) is 0 Å². The quantitative estimate of drug-likeness (QED) is 0.351. The first kappa shape index (κ1) is 21.0. The van der Waals surface area contributed by atoms with Crippen LogP contribution in [-0.2, 0) is 0 Å². The van der Waals surface area contributed by atoms with Crippen LogP contribution in [0.5, 0.6) is 0 Å². The van der Waals surface area contributed by atoms with Crippen molar-refractivity contribution >= 4 is 0 Å². The monoisotopic (exact) mass is 302 g/mol. The molecule has 0 aromatic rings. The van der Waals surface area contributed by atoms with Crippen LogP contribution < -0.4 is 0 Å². The van der Waals surface area contributed by atoms with Gasteiger partial charge in [-0.1, -0.05) is 83.1 Å². The fourth-order valence-electron chi connectivity index (χ4n) is 3.37. The smallest absolute Gasteiger partial charge is 0.00918 e. The summed E-state index contributed by atoms with van der Waals surface area (Å²) in [5.74, 6) is 0. The first-order valence-electron chi connectivity index (χ1n) is 8.41. The van der Waals surface area contributed by atoms with Crippen molar-refractivity contribution in [3.63, 3.8) is 0 Å². The summed E-state index contributed by atoms with van der Waals surface area (Å²) >= 11 is 0. The minimum Gasteiger partial charge on any atom is -0.120 e. The van der Waals surface area contributed by atoms with Crippen LogP contribution >= 0.6 is 0 Å². The molecule has 0 radical (unpaired) electrons. The minimum atomic E-state index is 0.128. The molecule has 126 valence electrons. The summed E-state index contributed by atoms with van der Waals surface area (Å²) in [6.45, 7) is 27.0. The van der Waals surface area contributed by atoms with Gasteiger partial charge >= 0.3 is 0 Å². The van der Waals surface area contributed by atoms with E-state index in [1.807, 2.05) is 12.2 Å². The highest BCUT2D eigenvalue weighted by molar-refractivity contribution is 5.23. The van der Waals surface area contributed by atoms with Crippen LogP contribution in [0, 0.1) is 21.7 Å². The summed E-state index contributed by atoms with van der Waals surface area (Å²) in [5.41, 5.74) is 10.2. The minimum absolute atomic E-state index is 0.128. The molecule has 0 aliphatic carbocycles. The largest absolute Gasteiger partial charge is 0.120 e. The second kappa shape index (κ2) is 6.66. The summed E-state index contributed by atoms with van der Waals surface area (Å²) in [4.78, 5) is 0. The van der Waals surface area contributed by atoms with Crippen molar-refractivity contribution in [3.05, 3.63) is 34.8 Å². The molecule has 0 unspecified atom stereocenters. The molecule has 0 heterocycles. The Labute approximate surface area is 140 Å². The van der Waals surface area contributed by atoms with E-state index in [2.05, 4.69) is 94.5 Å². The van der Waals surface area contributed by atoms with Gasteiger partial charge in [0.05, 0.1) is 0 Å². The number of rotatable bonds is 1. The normalized spacial score (nSPS) is 13.1. The van der Waals surface area contributed by atoms with Gasteiger partial charge in [0.25, 0.3) is 0 Å². The third-order valence-corrected chi connectivity index (χ3v) is 3.54. The van der Waals surface area contributed by atoms with Crippen LogP contribution in [0.2, 0.25) is 0 Å². The highest BCUT2D eigenvalue weighted by atomic mass is 14.3. The molecule has 0 saturated carbocycles. The summed E-state index contributed by atoms with van der Waals surface area (Å²) < 4.78 is 0. The van der Waals surface area contributed by atoms with Crippen LogP contribution in [0.15, 0.2) is 34.8 Å². The Bertz CT molecular complexity index is 416. The summed E-state index contributed by atoms with van der Waals surface area (Å²) in [7, 11) is 0. The molecule has 0 aliphatic heterocycles. The second-order valence-corrected chi connectivity index (χ2v) is 10.4. The van der Waals surface area contributed by atoms with E-state index in [9.17, 15) is 0 Å². The van der Waals surface area contributed by atoms with Crippen molar-refractivity contribution in [1.29, 1.82) is 0 Å². The molecule has 0 rings (SSSR count). The Kier molecular flexibility index (Phi) is 6.36. The molecular formula is C22H38.